The van der Waals surface area contributed by atoms with Gasteiger partial charge in [0.1, 0.15) is 17.6 Å². The standard InChI is InChI=1S/C31H38N2O6/c1-3-17-32(23-14-13-21-11-7-8-12-22(21)20-23)28(36)26-31-16-15-30(4-2,39-31)25(29(37)38)24(31)27(35)33(26)18-9-5-6-10-19-34/h3,7-8,11-14,20,24-26,34H,1,4-6,9-10,15-19H2,2H3,(H,37,38)/t24-,25+,26?,30-,31?/m0/s1. The number of hydrogen-bond acceptors (Lipinski definition) is 5. The van der Waals surface area contributed by atoms with Gasteiger partial charge in [-0.3, -0.25) is 14.4 Å². The van der Waals surface area contributed by atoms with Crippen molar-refractivity contribution in [3.05, 3.63) is 55.1 Å². The maximum atomic E-state index is 14.6. The van der Waals surface area contributed by atoms with Crippen LogP contribution in [0.25, 0.3) is 10.8 Å². The molecule has 2 aromatic carbocycles. The number of unbranched alkanes of at least 4 members (excludes halogenated alkanes) is 3. The average Bonchev–Trinajstić information content (AvgIpc) is 3.54. The van der Waals surface area contributed by atoms with E-state index in [4.69, 9.17) is 9.84 Å². The van der Waals surface area contributed by atoms with E-state index in [0.717, 1.165) is 23.6 Å². The number of carboxylic acids is 1. The summed E-state index contributed by atoms with van der Waals surface area (Å²) in [6.45, 7) is 6.48. The molecule has 0 saturated carbocycles. The number of anilines is 1. The number of rotatable bonds is 12. The van der Waals surface area contributed by atoms with Crippen LogP contribution in [-0.2, 0) is 19.1 Å². The minimum Gasteiger partial charge on any atom is -0.481 e. The summed E-state index contributed by atoms with van der Waals surface area (Å²) in [5.41, 5.74) is -1.42. The number of ether oxygens (including phenoxy) is 1. The molecule has 2 aromatic rings. The monoisotopic (exact) mass is 534 g/mol. The van der Waals surface area contributed by atoms with Gasteiger partial charge in [-0.2, -0.15) is 0 Å². The smallest absolute Gasteiger partial charge is 0.310 e. The van der Waals surface area contributed by atoms with Crippen LogP contribution in [0.5, 0.6) is 0 Å². The number of aliphatic hydroxyl groups is 1. The zero-order valence-electron chi connectivity index (χ0n) is 22.6. The Morgan fingerprint density at radius 1 is 1.13 bits per heavy atom. The van der Waals surface area contributed by atoms with Crippen LogP contribution in [0.1, 0.15) is 51.9 Å². The molecule has 3 aliphatic rings. The van der Waals surface area contributed by atoms with Gasteiger partial charge in [0.25, 0.3) is 5.91 Å². The SMILES string of the molecule is C=CCN(C(=O)C1N(CCCCCCO)C(=O)[C@@H]2[C@H](C(=O)O)[C@]3(CC)CCC12O3)c1ccc2ccccc2c1. The normalized spacial score (nSPS) is 29.1. The van der Waals surface area contributed by atoms with Crippen LogP contribution in [0, 0.1) is 11.8 Å². The third kappa shape index (κ3) is 4.34. The van der Waals surface area contributed by atoms with Gasteiger partial charge < -0.3 is 24.7 Å². The van der Waals surface area contributed by atoms with E-state index in [1.807, 2.05) is 49.4 Å². The summed E-state index contributed by atoms with van der Waals surface area (Å²) in [7, 11) is 0. The molecule has 3 heterocycles. The highest BCUT2D eigenvalue weighted by Gasteiger charge is 2.79. The van der Waals surface area contributed by atoms with Gasteiger partial charge in [-0.25, -0.2) is 0 Å². The molecule has 2 unspecified atom stereocenters. The number of fused-ring (bicyclic) bond motifs is 2. The topological polar surface area (TPSA) is 107 Å². The first-order valence-electron chi connectivity index (χ1n) is 14.1. The van der Waals surface area contributed by atoms with E-state index in [2.05, 4.69) is 6.58 Å². The summed E-state index contributed by atoms with van der Waals surface area (Å²) in [6, 6.07) is 12.8. The first kappa shape index (κ1) is 27.3. The molecule has 2 N–H and O–H groups in total. The van der Waals surface area contributed by atoms with Crippen molar-refractivity contribution in [3.63, 3.8) is 0 Å². The van der Waals surface area contributed by atoms with Crippen molar-refractivity contribution in [1.82, 2.24) is 4.90 Å². The summed E-state index contributed by atoms with van der Waals surface area (Å²) < 4.78 is 6.66. The van der Waals surface area contributed by atoms with E-state index in [1.54, 1.807) is 15.9 Å². The molecule has 0 aliphatic carbocycles. The fourth-order valence-electron chi connectivity index (χ4n) is 7.30. The Morgan fingerprint density at radius 3 is 2.56 bits per heavy atom. The number of benzene rings is 2. The number of aliphatic carboxylic acids is 1. The third-order valence-corrected chi connectivity index (χ3v) is 9.11. The summed E-state index contributed by atoms with van der Waals surface area (Å²) in [5, 5.41) is 21.4. The average molecular weight is 535 g/mol. The van der Waals surface area contributed by atoms with Crippen molar-refractivity contribution in [3.8, 4) is 0 Å². The molecule has 5 rings (SSSR count). The Balaban J connectivity index is 1.55. The first-order valence-corrected chi connectivity index (χ1v) is 14.1. The lowest BCUT2D eigenvalue weighted by molar-refractivity contribution is -0.155. The molecule has 0 aromatic heterocycles. The first-order chi connectivity index (χ1) is 18.8. The van der Waals surface area contributed by atoms with E-state index >= 15 is 0 Å². The van der Waals surface area contributed by atoms with Gasteiger partial charge >= 0.3 is 5.97 Å². The largest absolute Gasteiger partial charge is 0.481 e. The van der Waals surface area contributed by atoms with E-state index < -0.39 is 35.0 Å². The highest BCUT2D eigenvalue weighted by molar-refractivity contribution is 6.05. The zero-order valence-corrected chi connectivity index (χ0v) is 22.6. The van der Waals surface area contributed by atoms with Gasteiger partial charge in [-0.1, -0.05) is 56.2 Å². The van der Waals surface area contributed by atoms with Crippen molar-refractivity contribution in [1.29, 1.82) is 0 Å². The number of hydrogen-bond donors (Lipinski definition) is 2. The quantitative estimate of drug-likeness (QED) is 0.313. The lowest BCUT2D eigenvalue weighted by Gasteiger charge is -2.37. The van der Waals surface area contributed by atoms with Gasteiger partial charge in [0, 0.05) is 25.4 Å². The Bertz CT molecular complexity index is 1280. The van der Waals surface area contributed by atoms with Crippen LogP contribution < -0.4 is 4.90 Å². The summed E-state index contributed by atoms with van der Waals surface area (Å²) in [6.07, 6.45) is 6.07. The van der Waals surface area contributed by atoms with Crippen LogP contribution in [0.3, 0.4) is 0 Å². The molecule has 39 heavy (non-hydrogen) atoms. The van der Waals surface area contributed by atoms with E-state index in [-0.39, 0.29) is 25.0 Å². The second kappa shape index (κ2) is 10.7. The lowest BCUT2D eigenvalue weighted by Crippen LogP contribution is -2.56. The predicted molar refractivity (Wildman–Crippen MR) is 148 cm³/mol. The Kier molecular flexibility index (Phi) is 7.53. The molecule has 0 radical (unpaired) electrons. The van der Waals surface area contributed by atoms with Gasteiger partial charge in [0.05, 0.1) is 11.5 Å². The Hall–Kier alpha value is -3.23. The molecule has 2 bridgehead atoms. The van der Waals surface area contributed by atoms with Crippen LogP contribution in [-0.4, -0.2) is 69.8 Å². The van der Waals surface area contributed by atoms with Crippen LogP contribution in [0.2, 0.25) is 0 Å². The lowest BCUT2D eigenvalue weighted by atomic mass is 9.65. The number of carboxylic acid groups (broad SMARTS) is 1. The molecule has 5 atom stereocenters. The molecule has 3 saturated heterocycles. The van der Waals surface area contributed by atoms with Crippen molar-refractivity contribution in [2.45, 2.75) is 69.1 Å². The second-order valence-electron chi connectivity index (χ2n) is 11.1. The maximum Gasteiger partial charge on any atom is 0.310 e. The molecular formula is C31H38N2O6. The van der Waals surface area contributed by atoms with Crippen molar-refractivity contribution >= 4 is 34.2 Å². The van der Waals surface area contributed by atoms with Gasteiger partial charge in [-0.15, -0.1) is 6.58 Å². The summed E-state index contributed by atoms with van der Waals surface area (Å²) in [5.74, 6) is -3.47. The molecule has 1 spiro atoms. The number of aliphatic hydroxyl groups excluding tert-OH is 1. The number of carbonyl (C=O) groups is 3. The third-order valence-electron chi connectivity index (χ3n) is 9.11. The van der Waals surface area contributed by atoms with Crippen LogP contribution in [0.15, 0.2) is 55.1 Å². The second-order valence-corrected chi connectivity index (χ2v) is 11.1. The molecule has 8 nitrogen and oxygen atoms in total. The number of nitrogens with zero attached hydrogens (tertiary/aromatic N) is 2. The number of carbonyl (C=O) groups excluding carboxylic acids is 2. The van der Waals surface area contributed by atoms with Crippen molar-refractivity contribution in [2.75, 3.05) is 24.6 Å². The van der Waals surface area contributed by atoms with Crippen molar-refractivity contribution in [2.24, 2.45) is 11.8 Å². The van der Waals surface area contributed by atoms with Gasteiger partial charge in [-0.05, 0) is 55.0 Å². The van der Waals surface area contributed by atoms with E-state index in [0.29, 0.717) is 44.3 Å². The highest BCUT2D eigenvalue weighted by Crippen LogP contribution is 2.64. The molecule has 208 valence electrons. The Labute approximate surface area is 229 Å². The molecule has 3 aliphatic heterocycles. The van der Waals surface area contributed by atoms with E-state index in [1.165, 1.54) is 0 Å². The van der Waals surface area contributed by atoms with Crippen molar-refractivity contribution < 1.29 is 29.3 Å². The molecule has 3 fully saturated rings. The van der Waals surface area contributed by atoms with Gasteiger partial charge in [0.15, 0.2) is 0 Å². The fourth-order valence-corrected chi connectivity index (χ4v) is 7.30. The number of likely N-dealkylation sites (tertiary alicyclic amines) is 1. The molecule has 2 amide bonds. The molecule has 8 heteroatoms. The van der Waals surface area contributed by atoms with Crippen LogP contribution >= 0.6 is 0 Å². The minimum absolute atomic E-state index is 0.116. The highest BCUT2D eigenvalue weighted by atomic mass is 16.5. The maximum absolute atomic E-state index is 14.6. The zero-order chi connectivity index (χ0) is 27.8. The predicted octanol–water partition coefficient (Wildman–Crippen LogP) is 4.15. The number of amides is 2. The minimum atomic E-state index is -1.17. The fraction of sp³-hybridized carbons (Fsp3) is 0.516. The molecular weight excluding hydrogens is 496 g/mol. The Morgan fingerprint density at radius 2 is 1.87 bits per heavy atom. The van der Waals surface area contributed by atoms with Crippen LogP contribution in [0.4, 0.5) is 5.69 Å². The summed E-state index contributed by atoms with van der Waals surface area (Å²) in [4.78, 5) is 44.4. The van der Waals surface area contributed by atoms with Gasteiger partial charge in [0.2, 0.25) is 5.91 Å². The van der Waals surface area contributed by atoms with E-state index in [9.17, 15) is 19.5 Å². The summed E-state index contributed by atoms with van der Waals surface area (Å²) >= 11 is 0.